The summed E-state index contributed by atoms with van der Waals surface area (Å²) in [6.45, 7) is 2.82. The maximum absolute atomic E-state index is 11.8. The highest BCUT2D eigenvalue weighted by Crippen LogP contribution is 2.36. The van der Waals surface area contributed by atoms with Crippen molar-refractivity contribution in [1.29, 1.82) is 0 Å². The molecule has 1 aromatic carbocycles. The van der Waals surface area contributed by atoms with E-state index in [1.807, 2.05) is 0 Å². The second-order valence-corrected chi connectivity index (χ2v) is 5.26. The van der Waals surface area contributed by atoms with Crippen molar-refractivity contribution in [1.82, 2.24) is 5.32 Å². The molecule has 102 valence electrons. The molecule has 0 spiro atoms. The molecule has 1 aliphatic rings. The van der Waals surface area contributed by atoms with E-state index < -0.39 is 5.97 Å². The number of amides is 1. The van der Waals surface area contributed by atoms with Crippen molar-refractivity contribution in [2.24, 2.45) is 11.8 Å². The van der Waals surface area contributed by atoms with Gasteiger partial charge in [-0.25, -0.2) is 4.79 Å². The predicted octanol–water partition coefficient (Wildman–Crippen LogP) is 2.09. The van der Waals surface area contributed by atoms with Crippen LogP contribution in [0.3, 0.4) is 0 Å². The zero-order valence-electron chi connectivity index (χ0n) is 11.1. The molecule has 2 N–H and O–H groups in total. The van der Waals surface area contributed by atoms with E-state index in [4.69, 9.17) is 5.11 Å². The van der Waals surface area contributed by atoms with Crippen LogP contribution in [-0.2, 0) is 11.2 Å². The van der Waals surface area contributed by atoms with Gasteiger partial charge < -0.3 is 10.4 Å². The molecule has 4 nitrogen and oxygen atoms in total. The number of carbonyl (C=O) groups is 2. The fourth-order valence-corrected chi connectivity index (χ4v) is 2.23. The molecule has 1 aliphatic carbocycles. The van der Waals surface area contributed by atoms with Crippen LogP contribution in [0, 0.1) is 11.8 Å². The Bertz CT molecular complexity index is 480. The standard InChI is InChI=1S/C15H19NO3/c1-10(11-6-7-11)9-16-14(17)8-12-4-2-3-5-13(12)15(18)19/h2-5,10-11H,6-9H2,1H3,(H,16,17)(H,18,19). The normalized spacial score (nSPS) is 15.8. The summed E-state index contributed by atoms with van der Waals surface area (Å²) in [5, 5.41) is 11.9. The number of carbonyl (C=O) groups excluding carboxylic acids is 1. The summed E-state index contributed by atoms with van der Waals surface area (Å²) in [7, 11) is 0. The summed E-state index contributed by atoms with van der Waals surface area (Å²) in [4.78, 5) is 22.9. The average Bonchev–Trinajstić information content (AvgIpc) is 3.20. The van der Waals surface area contributed by atoms with E-state index in [-0.39, 0.29) is 17.9 Å². The number of hydrogen-bond donors (Lipinski definition) is 2. The Morgan fingerprint density at radius 2 is 2.05 bits per heavy atom. The minimum atomic E-state index is -0.991. The Kier molecular flexibility index (Phi) is 4.20. The molecule has 4 heteroatoms. The molecule has 1 saturated carbocycles. The van der Waals surface area contributed by atoms with Crippen LogP contribution < -0.4 is 5.32 Å². The monoisotopic (exact) mass is 261 g/mol. The molecule has 19 heavy (non-hydrogen) atoms. The van der Waals surface area contributed by atoms with Gasteiger partial charge in [0.2, 0.25) is 5.91 Å². The van der Waals surface area contributed by atoms with Gasteiger partial charge in [-0.1, -0.05) is 25.1 Å². The van der Waals surface area contributed by atoms with Gasteiger partial charge in [-0.15, -0.1) is 0 Å². The lowest BCUT2D eigenvalue weighted by Crippen LogP contribution is -2.30. The van der Waals surface area contributed by atoms with Crippen molar-refractivity contribution in [2.75, 3.05) is 6.54 Å². The average molecular weight is 261 g/mol. The first kappa shape index (κ1) is 13.6. The Morgan fingerprint density at radius 1 is 1.37 bits per heavy atom. The van der Waals surface area contributed by atoms with Gasteiger partial charge in [0.25, 0.3) is 0 Å². The van der Waals surface area contributed by atoms with Crippen LogP contribution in [0.4, 0.5) is 0 Å². The number of carboxylic acid groups (broad SMARTS) is 1. The van der Waals surface area contributed by atoms with E-state index in [9.17, 15) is 9.59 Å². The smallest absolute Gasteiger partial charge is 0.335 e. The molecule has 0 bridgehead atoms. The summed E-state index contributed by atoms with van der Waals surface area (Å²) in [6, 6.07) is 6.63. The highest BCUT2D eigenvalue weighted by Gasteiger charge is 2.27. The van der Waals surface area contributed by atoms with E-state index in [1.165, 1.54) is 18.9 Å². The van der Waals surface area contributed by atoms with E-state index in [0.717, 1.165) is 5.92 Å². The molecule has 0 aromatic heterocycles. The SMILES string of the molecule is CC(CNC(=O)Cc1ccccc1C(=O)O)C1CC1. The van der Waals surface area contributed by atoms with Gasteiger partial charge in [-0.3, -0.25) is 4.79 Å². The zero-order valence-corrected chi connectivity index (χ0v) is 11.1. The third-order valence-corrected chi connectivity index (χ3v) is 3.65. The van der Waals surface area contributed by atoms with Crippen molar-refractivity contribution >= 4 is 11.9 Å². The highest BCUT2D eigenvalue weighted by molar-refractivity contribution is 5.91. The molecule has 0 saturated heterocycles. The number of benzene rings is 1. The Morgan fingerprint density at radius 3 is 2.68 bits per heavy atom. The predicted molar refractivity (Wildman–Crippen MR) is 72.0 cm³/mol. The lowest BCUT2D eigenvalue weighted by molar-refractivity contribution is -0.120. The van der Waals surface area contributed by atoms with Crippen LogP contribution >= 0.6 is 0 Å². The molecule has 1 amide bonds. The number of nitrogens with one attached hydrogen (secondary N) is 1. The first-order valence-electron chi connectivity index (χ1n) is 6.66. The number of carboxylic acids is 1. The van der Waals surface area contributed by atoms with Crippen LogP contribution in [0.25, 0.3) is 0 Å². The van der Waals surface area contributed by atoms with Crippen molar-refractivity contribution in [3.63, 3.8) is 0 Å². The molecular formula is C15H19NO3. The van der Waals surface area contributed by atoms with Gasteiger partial charge in [0.1, 0.15) is 0 Å². The molecule has 1 aromatic rings. The van der Waals surface area contributed by atoms with Crippen LogP contribution in [0.1, 0.15) is 35.7 Å². The number of rotatable bonds is 6. The molecule has 0 heterocycles. The summed E-state index contributed by atoms with van der Waals surface area (Å²) in [5.74, 6) is 0.168. The molecule has 1 fully saturated rings. The lowest BCUT2D eigenvalue weighted by Gasteiger charge is -2.12. The first-order valence-corrected chi connectivity index (χ1v) is 6.66. The van der Waals surface area contributed by atoms with Crippen LogP contribution in [-0.4, -0.2) is 23.5 Å². The maximum Gasteiger partial charge on any atom is 0.335 e. The van der Waals surface area contributed by atoms with Crippen molar-refractivity contribution in [3.8, 4) is 0 Å². The fourth-order valence-electron chi connectivity index (χ4n) is 2.23. The molecular weight excluding hydrogens is 242 g/mol. The van der Waals surface area contributed by atoms with E-state index in [1.54, 1.807) is 18.2 Å². The molecule has 1 unspecified atom stereocenters. The maximum atomic E-state index is 11.8. The summed E-state index contributed by atoms with van der Waals surface area (Å²) >= 11 is 0. The van der Waals surface area contributed by atoms with Gasteiger partial charge in [-0.05, 0) is 36.3 Å². The van der Waals surface area contributed by atoms with Gasteiger partial charge >= 0.3 is 5.97 Å². The highest BCUT2D eigenvalue weighted by atomic mass is 16.4. The van der Waals surface area contributed by atoms with E-state index in [0.29, 0.717) is 18.0 Å². The lowest BCUT2D eigenvalue weighted by atomic mass is 10.0. The Hall–Kier alpha value is -1.84. The van der Waals surface area contributed by atoms with Gasteiger partial charge in [0.15, 0.2) is 0 Å². The van der Waals surface area contributed by atoms with Crippen molar-refractivity contribution in [2.45, 2.75) is 26.2 Å². The summed E-state index contributed by atoms with van der Waals surface area (Å²) in [5.41, 5.74) is 0.763. The summed E-state index contributed by atoms with van der Waals surface area (Å²) in [6.07, 6.45) is 2.65. The molecule has 0 aliphatic heterocycles. The number of hydrogen-bond acceptors (Lipinski definition) is 2. The van der Waals surface area contributed by atoms with E-state index in [2.05, 4.69) is 12.2 Å². The van der Waals surface area contributed by atoms with Gasteiger partial charge in [-0.2, -0.15) is 0 Å². The van der Waals surface area contributed by atoms with Gasteiger partial charge in [0.05, 0.1) is 12.0 Å². The molecule has 0 radical (unpaired) electrons. The Labute approximate surface area is 112 Å². The van der Waals surface area contributed by atoms with Crippen molar-refractivity contribution < 1.29 is 14.7 Å². The zero-order chi connectivity index (χ0) is 13.8. The first-order chi connectivity index (χ1) is 9.08. The third-order valence-electron chi connectivity index (χ3n) is 3.65. The Balaban J connectivity index is 1.89. The topological polar surface area (TPSA) is 66.4 Å². The minimum Gasteiger partial charge on any atom is -0.478 e. The minimum absolute atomic E-state index is 0.110. The second kappa shape index (κ2) is 5.87. The van der Waals surface area contributed by atoms with E-state index >= 15 is 0 Å². The quantitative estimate of drug-likeness (QED) is 0.824. The number of aromatic carboxylic acids is 1. The second-order valence-electron chi connectivity index (χ2n) is 5.26. The third kappa shape index (κ3) is 3.81. The van der Waals surface area contributed by atoms with Gasteiger partial charge in [0, 0.05) is 6.54 Å². The largest absolute Gasteiger partial charge is 0.478 e. The van der Waals surface area contributed by atoms with Crippen LogP contribution in [0.15, 0.2) is 24.3 Å². The summed E-state index contributed by atoms with van der Waals surface area (Å²) < 4.78 is 0. The van der Waals surface area contributed by atoms with Crippen LogP contribution in [0.5, 0.6) is 0 Å². The van der Waals surface area contributed by atoms with Crippen molar-refractivity contribution in [3.05, 3.63) is 35.4 Å². The fraction of sp³-hybridized carbons (Fsp3) is 0.467. The molecule has 2 rings (SSSR count). The van der Waals surface area contributed by atoms with Crippen LogP contribution in [0.2, 0.25) is 0 Å². The molecule has 1 atom stereocenters.